The van der Waals surface area contributed by atoms with Crippen LogP contribution in [0.4, 0.5) is 0 Å². The summed E-state index contributed by atoms with van der Waals surface area (Å²) in [5, 5.41) is 1.50. The highest BCUT2D eigenvalue weighted by Gasteiger charge is 2.18. The van der Waals surface area contributed by atoms with Crippen molar-refractivity contribution in [1.29, 1.82) is 0 Å². The zero-order chi connectivity index (χ0) is 22.9. The minimum Gasteiger partial charge on any atom is -0.461 e. The molecule has 0 saturated heterocycles. The van der Waals surface area contributed by atoms with Crippen molar-refractivity contribution in [2.45, 2.75) is 20.5 Å². The van der Waals surface area contributed by atoms with E-state index in [2.05, 4.69) is 9.97 Å². The molecule has 0 spiro atoms. The number of ether oxygens (including phenoxy) is 1. The van der Waals surface area contributed by atoms with Gasteiger partial charge >= 0.3 is 11.6 Å². The summed E-state index contributed by atoms with van der Waals surface area (Å²) in [6.07, 6.45) is 1.61. The third-order valence-electron chi connectivity index (χ3n) is 5.36. The zero-order valence-corrected chi connectivity index (χ0v) is 18.0. The van der Waals surface area contributed by atoms with Gasteiger partial charge in [-0.2, -0.15) is 0 Å². The van der Waals surface area contributed by atoms with Crippen LogP contribution in [-0.2, 0) is 16.1 Å². The molecule has 0 atom stereocenters. The molecule has 0 saturated carbocycles. The van der Waals surface area contributed by atoms with Crippen molar-refractivity contribution in [3.8, 4) is 22.6 Å². The molecule has 0 bridgehead atoms. The van der Waals surface area contributed by atoms with Gasteiger partial charge in [0, 0.05) is 35.0 Å². The molecule has 0 aliphatic rings. The fraction of sp³-hybridized carbons (Fsp3) is 0.115. The lowest BCUT2D eigenvalue weighted by atomic mass is 10.1. The number of rotatable bonds is 4. The van der Waals surface area contributed by atoms with Crippen LogP contribution in [-0.4, -0.2) is 20.9 Å². The molecule has 2 aromatic carbocycles. The fourth-order valence-electron chi connectivity index (χ4n) is 3.75. The van der Waals surface area contributed by atoms with Gasteiger partial charge in [-0.05, 0) is 19.1 Å². The van der Waals surface area contributed by atoms with E-state index in [-0.39, 0.29) is 18.0 Å². The molecule has 0 aliphatic heterocycles. The number of hydrogen-bond acceptors (Lipinski definition) is 7. The SMILES string of the molecule is CC(=O)OCc1cnc(C)c2oc(=O)c(-c3nc(-c4ccccc4)c4ccccc4n3)cc12. The van der Waals surface area contributed by atoms with Crippen molar-refractivity contribution in [2.24, 2.45) is 0 Å². The van der Waals surface area contributed by atoms with E-state index in [1.807, 2.05) is 54.6 Å². The number of aryl methyl sites for hydroxylation is 1. The number of esters is 1. The van der Waals surface area contributed by atoms with Crippen LogP contribution in [0.5, 0.6) is 0 Å². The Morgan fingerprint density at radius 3 is 2.55 bits per heavy atom. The van der Waals surface area contributed by atoms with Gasteiger partial charge in [0.2, 0.25) is 0 Å². The molecule has 7 heteroatoms. The summed E-state index contributed by atoms with van der Waals surface area (Å²) in [6, 6.07) is 19.1. The number of para-hydroxylation sites is 1. The summed E-state index contributed by atoms with van der Waals surface area (Å²) in [7, 11) is 0. The van der Waals surface area contributed by atoms with Gasteiger partial charge in [-0.25, -0.2) is 14.8 Å². The van der Waals surface area contributed by atoms with Crippen LogP contribution in [0.3, 0.4) is 0 Å². The van der Waals surface area contributed by atoms with E-state index < -0.39 is 11.6 Å². The Balaban J connectivity index is 1.76. The highest BCUT2D eigenvalue weighted by molar-refractivity contribution is 5.94. The average Bonchev–Trinajstić information content (AvgIpc) is 2.83. The second kappa shape index (κ2) is 8.27. The lowest BCUT2D eigenvalue weighted by Gasteiger charge is -2.11. The molecule has 162 valence electrons. The third-order valence-corrected chi connectivity index (χ3v) is 5.36. The first-order valence-corrected chi connectivity index (χ1v) is 10.4. The van der Waals surface area contributed by atoms with E-state index in [4.69, 9.17) is 14.1 Å². The van der Waals surface area contributed by atoms with Crippen molar-refractivity contribution in [1.82, 2.24) is 15.0 Å². The summed E-state index contributed by atoms with van der Waals surface area (Å²) in [5.41, 5.74) is 3.54. The van der Waals surface area contributed by atoms with Crippen LogP contribution in [0.2, 0.25) is 0 Å². The fourth-order valence-corrected chi connectivity index (χ4v) is 3.75. The van der Waals surface area contributed by atoms with Crippen LogP contribution >= 0.6 is 0 Å². The number of aromatic nitrogens is 3. The molecule has 0 radical (unpaired) electrons. The second-order valence-electron chi connectivity index (χ2n) is 7.62. The monoisotopic (exact) mass is 437 g/mol. The van der Waals surface area contributed by atoms with E-state index in [0.29, 0.717) is 27.7 Å². The standard InChI is InChI=1S/C26H19N3O4/c1-15-24-20(18(13-27-15)14-32-16(2)30)12-21(26(31)33-24)25-28-22-11-7-6-10-19(22)23(29-25)17-8-4-3-5-9-17/h3-13H,14H2,1-2H3. The number of nitrogens with zero attached hydrogens (tertiary/aromatic N) is 3. The van der Waals surface area contributed by atoms with Gasteiger partial charge in [0.15, 0.2) is 11.4 Å². The predicted molar refractivity (Wildman–Crippen MR) is 124 cm³/mol. The lowest BCUT2D eigenvalue weighted by Crippen LogP contribution is -2.09. The Morgan fingerprint density at radius 2 is 1.76 bits per heavy atom. The largest absolute Gasteiger partial charge is 0.461 e. The third kappa shape index (κ3) is 3.85. The van der Waals surface area contributed by atoms with Crippen molar-refractivity contribution in [2.75, 3.05) is 0 Å². The molecule has 0 unspecified atom stereocenters. The smallest absolute Gasteiger partial charge is 0.347 e. The van der Waals surface area contributed by atoms with Gasteiger partial charge in [0.1, 0.15) is 12.2 Å². The van der Waals surface area contributed by atoms with Gasteiger partial charge in [0.05, 0.1) is 16.9 Å². The molecule has 3 heterocycles. The van der Waals surface area contributed by atoms with E-state index in [0.717, 1.165) is 16.6 Å². The molecular formula is C26H19N3O4. The van der Waals surface area contributed by atoms with Crippen molar-refractivity contribution >= 4 is 27.8 Å². The first-order chi connectivity index (χ1) is 16.0. The number of hydrogen-bond donors (Lipinski definition) is 0. The summed E-state index contributed by atoms with van der Waals surface area (Å²) >= 11 is 0. The minimum atomic E-state index is -0.564. The molecule has 0 N–H and O–H groups in total. The van der Waals surface area contributed by atoms with Gasteiger partial charge in [-0.15, -0.1) is 0 Å². The Kier molecular flexibility index (Phi) is 5.14. The van der Waals surface area contributed by atoms with Gasteiger partial charge in [-0.3, -0.25) is 9.78 Å². The predicted octanol–water partition coefficient (Wildman–Crippen LogP) is 4.84. The number of pyridine rings is 1. The van der Waals surface area contributed by atoms with E-state index in [1.54, 1.807) is 19.2 Å². The summed E-state index contributed by atoms with van der Waals surface area (Å²) in [5.74, 6) is -0.150. The zero-order valence-electron chi connectivity index (χ0n) is 18.0. The van der Waals surface area contributed by atoms with Crippen molar-refractivity contribution in [3.63, 3.8) is 0 Å². The minimum absolute atomic E-state index is 0.0140. The molecule has 7 nitrogen and oxygen atoms in total. The normalized spacial score (nSPS) is 11.1. The molecule has 0 amide bonds. The van der Waals surface area contributed by atoms with Gasteiger partial charge < -0.3 is 9.15 Å². The van der Waals surface area contributed by atoms with E-state index in [1.165, 1.54) is 6.92 Å². The van der Waals surface area contributed by atoms with Crippen LogP contribution in [0.15, 0.2) is 76.1 Å². The molecule has 3 aromatic heterocycles. The van der Waals surface area contributed by atoms with Crippen molar-refractivity contribution in [3.05, 3.63) is 88.5 Å². The van der Waals surface area contributed by atoms with Crippen LogP contribution in [0, 0.1) is 6.92 Å². The molecule has 5 rings (SSSR count). The first-order valence-electron chi connectivity index (χ1n) is 10.4. The Morgan fingerprint density at radius 1 is 1.00 bits per heavy atom. The first kappa shape index (κ1) is 20.5. The highest BCUT2D eigenvalue weighted by Crippen LogP contribution is 2.30. The number of benzene rings is 2. The Bertz CT molecular complexity index is 1580. The average molecular weight is 437 g/mol. The van der Waals surface area contributed by atoms with Crippen LogP contribution in [0.25, 0.3) is 44.5 Å². The summed E-state index contributed by atoms with van der Waals surface area (Å²) < 4.78 is 10.8. The van der Waals surface area contributed by atoms with Gasteiger partial charge in [-0.1, -0.05) is 48.5 Å². The number of carbonyl (C=O) groups is 1. The number of fused-ring (bicyclic) bond motifs is 2. The second-order valence-corrected chi connectivity index (χ2v) is 7.62. The maximum Gasteiger partial charge on any atom is 0.347 e. The molecule has 0 aliphatic carbocycles. The maximum absolute atomic E-state index is 13.0. The van der Waals surface area contributed by atoms with Crippen molar-refractivity contribution < 1.29 is 13.9 Å². The Labute approximate surface area is 188 Å². The highest BCUT2D eigenvalue weighted by atomic mass is 16.5. The van der Waals surface area contributed by atoms with E-state index >= 15 is 0 Å². The Hall–Kier alpha value is -4.39. The number of carbonyl (C=O) groups excluding carboxylic acids is 1. The molecule has 33 heavy (non-hydrogen) atoms. The van der Waals surface area contributed by atoms with E-state index in [9.17, 15) is 9.59 Å². The lowest BCUT2D eigenvalue weighted by molar-refractivity contribution is -0.142. The summed E-state index contributed by atoms with van der Waals surface area (Å²) in [4.78, 5) is 38.0. The van der Waals surface area contributed by atoms with Gasteiger partial charge in [0.25, 0.3) is 0 Å². The van der Waals surface area contributed by atoms with Crippen LogP contribution < -0.4 is 5.63 Å². The van der Waals surface area contributed by atoms with Crippen LogP contribution in [0.1, 0.15) is 18.2 Å². The quantitative estimate of drug-likeness (QED) is 0.371. The molecule has 0 fully saturated rings. The summed E-state index contributed by atoms with van der Waals surface area (Å²) in [6.45, 7) is 3.10. The topological polar surface area (TPSA) is 95.2 Å². The molecule has 5 aromatic rings. The molecular weight excluding hydrogens is 418 g/mol. The maximum atomic E-state index is 13.0.